The van der Waals surface area contributed by atoms with Gasteiger partial charge in [-0.3, -0.25) is 9.52 Å². The van der Waals surface area contributed by atoms with Gasteiger partial charge in [0.1, 0.15) is 11.6 Å². The largest absolute Gasteiger partial charge is 0.454 e. The van der Waals surface area contributed by atoms with E-state index in [1.807, 2.05) is 0 Å². The molecule has 2 N–H and O–H groups in total. The summed E-state index contributed by atoms with van der Waals surface area (Å²) in [5.74, 6) is -0.299. The number of aryl methyl sites for hydroxylation is 1. The molecule has 0 saturated heterocycles. The van der Waals surface area contributed by atoms with Gasteiger partial charge in [0.15, 0.2) is 5.75 Å². The van der Waals surface area contributed by atoms with Gasteiger partial charge >= 0.3 is 0 Å². The average molecular weight is 398 g/mol. The highest BCUT2D eigenvalue weighted by atomic mass is 32.2. The van der Waals surface area contributed by atoms with E-state index in [-0.39, 0.29) is 16.1 Å². The fourth-order valence-electron chi connectivity index (χ4n) is 2.90. The van der Waals surface area contributed by atoms with Crippen LogP contribution in [0.1, 0.15) is 15.9 Å². The van der Waals surface area contributed by atoms with Crippen LogP contribution in [0, 0.1) is 12.7 Å². The van der Waals surface area contributed by atoms with Crippen molar-refractivity contribution in [2.75, 3.05) is 10.0 Å². The zero-order chi connectivity index (χ0) is 19.9. The molecule has 0 aromatic heterocycles. The molecule has 142 valence electrons. The molecular formula is C20H15FN2O4S. The standard InChI is InChI=1S/C20H15FN2O4S/c1-12-6-7-13(21)10-19(12)28(25,26)23-14-8-9-17-15(11-14)20(24)22-16-4-2-3-5-18(16)27-17/h2-11,23H,1H3,(H,22,24). The summed E-state index contributed by atoms with van der Waals surface area (Å²) in [5, 5.41) is 2.73. The number of rotatable bonds is 3. The van der Waals surface area contributed by atoms with E-state index in [0.29, 0.717) is 22.7 Å². The van der Waals surface area contributed by atoms with Gasteiger partial charge in [0, 0.05) is 5.69 Å². The normalized spacial score (nSPS) is 12.9. The van der Waals surface area contributed by atoms with Crippen LogP contribution < -0.4 is 14.8 Å². The number of hydrogen-bond donors (Lipinski definition) is 2. The maximum atomic E-state index is 13.5. The Morgan fingerprint density at radius 3 is 2.61 bits per heavy atom. The third-order valence-electron chi connectivity index (χ3n) is 4.27. The lowest BCUT2D eigenvalue weighted by molar-refractivity contribution is 0.102. The lowest BCUT2D eigenvalue weighted by Gasteiger charge is -2.12. The molecule has 0 atom stereocenters. The van der Waals surface area contributed by atoms with Crippen molar-refractivity contribution in [3.63, 3.8) is 0 Å². The molecule has 0 saturated carbocycles. The van der Waals surface area contributed by atoms with Crippen LogP contribution >= 0.6 is 0 Å². The molecule has 1 heterocycles. The Kier molecular flexibility index (Phi) is 4.27. The second-order valence-electron chi connectivity index (χ2n) is 6.28. The maximum Gasteiger partial charge on any atom is 0.262 e. The van der Waals surface area contributed by atoms with Crippen molar-refractivity contribution < 1.29 is 22.3 Å². The maximum absolute atomic E-state index is 13.5. The Morgan fingerprint density at radius 2 is 1.79 bits per heavy atom. The Bertz CT molecular complexity index is 1210. The number of fused-ring (bicyclic) bond motifs is 2. The number of nitrogens with one attached hydrogen (secondary N) is 2. The highest BCUT2D eigenvalue weighted by Crippen LogP contribution is 2.36. The molecule has 0 bridgehead atoms. The second-order valence-corrected chi connectivity index (χ2v) is 7.93. The molecule has 8 heteroatoms. The number of amides is 1. The molecular weight excluding hydrogens is 383 g/mol. The molecule has 3 aromatic carbocycles. The van der Waals surface area contributed by atoms with Crippen LogP contribution in [0.25, 0.3) is 0 Å². The highest BCUT2D eigenvalue weighted by Gasteiger charge is 2.23. The molecule has 1 aliphatic heterocycles. The second kappa shape index (κ2) is 6.65. The van der Waals surface area contributed by atoms with E-state index in [4.69, 9.17) is 4.74 Å². The quantitative estimate of drug-likeness (QED) is 0.689. The third-order valence-corrected chi connectivity index (χ3v) is 5.79. The van der Waals surface area contributed by atoms with Crippen LogP contribution in [-0.2, 0) is 10.0 Å². The van der Waals surface area contributed by atoms with Crippen molar-refractivity contribution in [3.8, 4) is 11.5 Å². The smallest absolute Gasteiger partial charge is 0.262 e. The topological polar surface area (TPSA) is 84.5 Å². The van der Waals surface area contributed by atoms with Crippen molar-refractivity contribution in [2.24, 2.45) is 0 Å². The van der Waals surface area contributed by atoms with Gasteiger partial charge < -0.3 is 10.1 Å². The van der Waals surface area contributed by atoms with Crippen LogP contribution in [0.15, 0.2) is 65.6 Å². The molecule has 6 nitrogen and oxygen atoms in total. The van der Waals surface area contributed by atoms with E-state index in [1.165, 1.54) is 30.3 Å². The first-order chi connectivity index (χ1) is 13.3. The van der Waals surface area contributed by atoms with Crippen molar-refractivity contribution in [1.82, 2.24) is 0 Å². The average Bonchev–Trinajstić information content (AvgIpc) is 2.79. The van der Waals surface area contributed by atoms with Gasteiger partial charge in [-0.05, 0) is 55.0 Å². The first-order valence-corrected chi connectivity index (χ1v) is 9.83. The highest BCUT2D eigenvalue weighted by molar-refractivity contribution is 7.92. The van der Waals surface area contributed by atoms with Gasteiger partial charge in [-0.1, -0.05) is 18.2 Å². The van der Waals surface area contributed by atoms with E-state index in [1.54, 1.807) is 31.2 Å². The summed E-state index contributed by atoms with van der Waals surface area (Å²) in [6.07, 6.45) is 0. The minimum Gasteiger partial charge on any atom is -0.454 e. The van der Waals surface area contributed by atoms with Gasteiger partial charge in [-0.15, -0.1) is 0 Å². The fourth-order valence-corrected chi connectivity index (χ4v) is 4.21. The molecule has 3 aromatic rings. The summed E-state index contributed by atoms with van der Waals surface area (Å²) in [7, 11) is -4.04. The van der Waals surface area contributed by atoms with E-state index >= 15 is 0 Å². The molecule has 0 spiro atoms. The zero-order valence-electron chi connectivity index (χ0n) is 14.7. The molecule has 28 heavy (non-hydrogen) atoms. The summed E-state index contributed by atoms with van der Waals surface area (Å²) >= 11 is 0. The van der Waals surface area contributed by atoms with Gasteiger partial charge in [-0.2, -0.15) is 0 Å². The predicted octanol–water partition coefficient (Wildman–Crippen LogP) is 4.29. The van der Waals surface area contributed by atoms with Gasteiger partial charge in [0.25, 0.3) is 15.9 Å². The van der Waals surface area contributed by atoms with Crippen LogP contribution in [0.3, 0.4) is 0 Å². The van der Waals surface area contributed by atoms with Crippen LogP contribution in [-0.4, -0.2) is 14.3 Å². The minimum absolute atomic E-state index is 0.159. The summed E-state index contributed by atoms with van der Waals surface area (Å²) in [5.41, 5.74) is 1.25. The van der Waals surface area contributed by atoms with Crippen LogP contribution in [0.5, 0.6) is 11.5 Å². The van der Waals surface area contributed by atoms with Gasteiger partial charge in [-0.25, -0.2) is 12.8 Å². The molecule has 0 unspecified atom stereocenters. The van der Waals surface area contributed by atoms with Crippen molar-refractivity contribution >= 4 is 27.3 Å². The third kappa shape index (κ3) is 3.29. The van der Waals surface area contributed by atoms with Crippen LogP contribution in [0.2, 0.25) is 0 Å². The summed E-state index contributed by atoms with van der Waals surface area (Å²) < 4.78 is 47.0. The summed E-state index contributed by atoms with van der Waals surface area (Å²) in [6.45, 7) is 1.57. The number of halogens is 1. The Balaban J connectivity index is 1.69. The van der Waals surface area contributed by atoms with Crippen molar-refractivity contribution in [2.45, 2.75) is 11.8 Å². The van der Waals surface area contributed by atoms with E-state index < -0.39 is 21.7 Å². The number of para-hydroxylation sites is 2. The minimum atomic E-state index is -4.04. The number of hydrogen-bond acceptors (Lipinski definition) is 4. The van der Waals surface area contributed by atoms with Gasteiger partial charge in [0.2, 0.25) is 0 Å². The number of benzene rings is 3. The van der Waals surface area contributed by atoms with E-state index in [9.17, 15) is 17.6 Å². The molecule has 0 fully saturated rings. The Morgan fingerprint density at radius 1 is 1.00 bits per heavy atom. The number of ether oxygens (including phenoxy) is 1. The lowest BCUT2D eigenvalue weighted by Crippen LogP contribution is -2.16. The Hall–Kier alpha value is -3.39. The molecule has 1 aliphatic rings. The number of anilines is 2. The SMILES string of the molecule is Cc1ccc(F)cc1S(=O)(=O)Nc1ccc2c(c1)C(=O)Nc1ccccc1O2. The number of carbonyl (C=O) groups is 1. The molecule has 0 aliphatic carbocycles. The Labute approximate surface area is 161 Å². The number of carbonyl (C=O) groups excluding carboxylic acids is 1. The zero-order valence-corrected chi connectivity index (χ0v) is 15.5. The van der Waals surface area contributed by atoms with Crippen molar-refractivity contribution in [3.05, 3.63) is 77.6 Å². The van der Waals surface area contributed by atoms with Crippen molar-refractivity contribution in [1.29, 1.82) is 0 Å². The molecule has 0 radical (unpaired) electrons. The molecule has 1 amide bonds. The fraction of sp³-hybridized carbons (Fsp3) is 0.0500. The first kappa shape index (κ1) is 18.0. The van der Waals surface area contributed by atoms with Gasteiger partial charge in [0.05, 0.1) is 16.1 Å². The van der Waals surface area contributed by atoms with E-state index in [2.05, 4.69) is 10.0 Å². The lowest BCUT2D eigenvalue weighted by atomic mass is 10.1. The predicted molar refractivity (Wildman–Crippen MR) is 103 cm³/mol. The summed E-state index contributed by atoms with van der Waals surface area (Å²) in [6, 6.07) is 14.9. The molecule has 4 rings (SSSR count). The van der Waals surface area contributed by atoms with Crippen LogP contribution in [0.4, 0.5) is 15.8 Å². The number of sulfonamides is 1. The van der Waals surface area contributed by atoms with E-state index in [0.717, 1.165) is 6.07 Å². The first-order valence-electron chi connectivity index (χ1n) is 8.35. The monoisotopic (exact) mass is 398 g/mol. The summed E-state index contributed by atoms with van der Waals surface area (Å²) in [4.78, 5) is 12.4.